The Kier molecular flexibility index (Phi) is 6.28. The molecule has 1 aromatic rings. The molecule has 0 heterocycles. The highest BCUT2D eigenvalue weighted by atomic mass is 35.5. The van der Waals surface area contributed by atoms with Crippen LogP contribution in [-0.4, -0.2) is 28.8 Å². The molecule has 0 fully saturated rings. The van der Waals surface area contributed by atoms with E-state index in [1.54, 1.807) is 24.3 Å². The summed E-state index contributed by atoms with van der Waals surface area (Å²) >= 11 is 5.76. The molecule has 19 heavy (non-hydrogen) atoms. The topological polar surface area (TPSA) is 69.6 Å². The molecule has 3 atom stereocenters. The van der Waals surface area contributed by atoms with Gasteiger partial charge in [-0.05, 0) is 30.5 Å². The van der Waals surface area contributed by atoms with Gasteiger partial charge in [0.15, 0.2) is 0 Å². The lowest BCUT2D eigenvalue weighted by atomic mass is 10.0. The Labute approximate surface area is 118 Å². The van der Waals surface area contributed by atoms with Crippen molar-refractivity contribution < 1.29 is 15.0 Å². The van der Waals surface area contributed by atoms with Gasteiger partial charge in [0.05, 0.1) is 12.5 Å². The van der Waals surface area contributed by atoms with E-state index in [1.807, 2.05) is 13.8 Å². The predicted molar refractivity (Wildman–Crippen MR) is 74.9 cm³/mol. The van der Waals surface area contributed by atoms with Gasteiger partial charge < -0.3 is 15.5 Å². The van der Waals surface area contributed by atoms with Crippen molar-refractivity contribution in [3.8, 4) is 0 Å². The third kappa shape index (κ3) is 5.19. The maximum Gasteiger partial charge on any atom is 0.223 e. The van der Waals surface area contributed by atoms with Crippen LogP contribution in [0.2, 0.25) is 5.02 Å². The highest BCUT2D eigenvalue weighted by Gasteiger charge is 2.17. The van der Waals surface area contributed by atoms with Gasteiger partial charge in [-0.15, -0.1) is 0 Å². The minimum Gasteiger partial charge on any atom is -0.396 e. The smallest absolute Gasteiger partial charge is 0.223 e. The normalized spacial score (nSPS) is 15.6. The summed E-state index contributed by atoms with van der Waals surface area (Å²) in [5.41, 5.74) is 0.655. The van der Waals surface area contributed by atoms with E-state index in [0.717, 1.165) is 0 Å². The summed E-state index contributed by atoms with van der Waals surface area (Å²) in [7, 11) is 0. The molecular weight excluding hydrogens is 266 g/mol. The van der Waals surface area contributed by atoms with Crippen molar-refractivity contribution >= 4 is 17.5 Å². The Bertz CT molecular complexity index is 408. The van der Waals surface area contributed by atoms with E-state index in [9.17, 15) is 9.90 Å². The van der Waals surface area contributed by atoms with Crippen LogP contribution in [0.3, 0.4) is 0 Å². The van der Waals surface area contributed by atoms with Crippen molar-refractivity contribution in [1.29, 1.82) is 0 Å². The minimum absolute atomic E-state index is 0.00980. The number of aliphatic hydroxyl groups excluding tert-OH is 2. The molecule has 106 valence electrons. The van der Waals surface area contributed by atoms with Crippen LogP contribution in [0.1, 0.15) is 31.9 Å². The van der Waals surface area contributed by atoms with E-state index < -0.39 is 6.10 Å². The maximum absolute atomic E-state index is 11.7. The summed E-state index contributed by atoms with van der Waals surface area (Å²) in [4.78, 5) is 11.7. The second kappa shape index (κ2) is 7.48. The second-order valence-electron chi connectivity index (χ2n) is 4.79. The molecule has 0 aliphatic carbocycles. The first-order valence-corrected chi connectivity index (χ1v) is 6.65. The lowest BCUT2D eigenvalue weighted by Crippen LogP contribution is -2.38. The van der Waals surface area contributed by atoms with Gasteiger partial charge in [0.1, 0.15) is 0 Å². The van der Waals surface area contributed by atoms with E-state index in [0.29, 0.717) is 10.6 Å². The number of aliphatic hydroxyl groups is 2. The maximum atomic E-state index is 11.7. The standard InChI is InChI=1S/C14H20ClNO3/c1-9(8-17)10(2)16-14(19)7-13(18)11-3-5-12(15)6-4-11/h3-6,9-10,13,17-18H,7-8H2,1-2H3,(H,16,19). The molecule has 0 aromatic heterocycles. The average Bonchev–Trinajstić information content (AvgIpc) is 2.38. The van der Waals surface area contributed by atoms with Gasteiger partial charge >= 0.3 is 0 Å². The first-order chi connectivity index (χ1) is 8.93. The number of halogens is 1. The number of amides is 1. The second-order valence-corrected chi connectivity index (χ2v) is 5.22. The largest absolute Gasteiger partial charge is 0.396 e. The van der Waals surface area contributed by atoms with Crippen LogP contribution < -0.4 is 5.32 Å². The molecule has 0 spiro atoms. The molecule has 5 heteroatoms. The summed E-state index contributed by atoms with van der Waals surface area (Å²) in [6.07, 6.45) is -0.863. The highest BCUT2D eigenvalue weighted by Crippen LogP contribution is 2.19. The van der Waals surface area contributed by atoms with Gasteiger partial charge in [-0.2, -0.15) is 0 Å². The molecule has 3 unspecified atom stereocenters. The van der Waals surface area contributed by atoms with Gasteiger partial charge in [0.25, 0.3) is 0 Å². The van der Waals surface area contributed by atoms with Crippen molar-refractivity contribution in [2.45, 2.75) is 32.4 Å². The van der Waals surface area contributed by atoms with Crippen molar-refractivity contribution in [1.82, 2.24) is 5.32 Å². The van der Waals surface area contributed by atoms with Crippen LogP contribution in [-0.2, 0) is 4.79 Å². The zero-order chi connectivity index (χ0) is 14.4. The summed E-state index contributed by atoms with van der Waals surface area (Å²) in [5, 5.41) is 22.3. The van der Waals surface area contributed by atoms with Gasteiger partial charge in [0.2, 0.25) is 5.91 Å². The van der Waals surface area contributed by atoms with Crippen molar-refractivity contribution in [2.75, 3.05) is 6.61 Å². The molecule has 1 rings (SSSR count). The van der Waals surface area contributed by atoms with Crippen LogP contribution in [0.25, 0.3) is 0 Å². The quantitative estimate of drug-likeness (QED) is 0.748. The third-order valence-corrected chi connectivity index (χ3v) is 3.42. The fraction of sp³-hybridized carbons (Fsp3) is 0.500. The monoisotopic (exact) mass is 285 g/mol. The van der Waals surface area contributed by atoms with Crippen molar-refractivity contribution in [3.05, 3.63) is 34.9 Å². The number of hydrogen-bond acceptors (Lipinski definition) is 3. The van der Waals surface area contributed by atoms with Crippen molar-refractivity contribution in [2.24, 2.45) is 5.92 Å². The zero-order valence-corrected chi connectivity index (χ0v) is 11.9. The number of carbonyl (C=O) groups excluding carboxylic acids is 1. The molecule has 0 saturated heterocycles. The summed E-state index contributed by atoms with van der Waals surface area (Å²) in [5.74, 6) is -0.258. The Morgan fingerprint density at radius 2 is 1.89 bits per heavy atom. The number of rotatable bonds is 6. The summed E-state index contributed by atoms with van der Waals surface area (Å²) < 4.78 is 0. The molecule has 0 radical (unpaired) electrons. The number of hydrogen-bond donors (Lipinski definition) is 3. The van der Waals surface area contributed by atoms with Crippen LogP contribution in [0, 0.1) is 5.92 Å². The Hall–Kier alpha value is -1.10. The Balaban J connectivity index is 2.50. The Morgan fingerprint density at radius 1 is 1.32 bits per heavy atom. The van der Waals surface area contributed by atoms with Gasteiger partial charge in [-0.25, -0.2) is 0 Å². The van der Waals surface area contributed by atoms with E-state index in [1.165, 1.54) is 0 Å². The number of benzene rings is 1. The van der Waals surface area contributed by atoms with E-state index in [4.69, 9.17) is 16.7 Å². The molecule has 1 aromatic carbocycles. The number of carbonyl (C=O) groups is 1. The molecule has 3 N–H and O–H groups in total. The van der Waals surface area contributed by atoms with Crippen LogP contribution >= 0.6 is 11.6 Å². The fourth-order valence-electron chi connectivity index (χ4n) is 1.59. The molecule has 0 aliphatic heterocycles. The van der Waals surface area contributed by atoms with E-state index in [2.05, 4.69) is 5.32 Å². The summed E-state index contributed by atoms with van der Waals surface area (Å²) in [6.45, 7) is 3.69. The molecule has 4 nitrogen and oxygen atoms in total. The van der Waals surface area contributed by atoms with Gasteiger partial charge in [-0.1, -0.05) is 30.7 Å². The molecule has 0 bridgehead atoms. The minimum atomic E-state index is -0.853. The zero-order valence-electron chi connectivity index (χ0n) is 11.1. The van der Waals surface area contributed by atoms with Crippen LogP contribution in [0.4, 0.5) is 0 Å². The van der Waals surface area contributed by atoms with E-state index >= 15 is 0 Å². The first-order valence-electron chi connectivity index (χ1n) is 6.27. The molecule has 0 aliphatic rings. The van der Waals surface area contributed by atoms with Gasteiger partial charge in [-0.3, -0.25) is 4.79 Å². The summed E-state index contributed by atoms with van der Waals surface area (Å²) in [6, 6.07) is 6.61. The van der Waals surface area contributed by atoms with Crippen LogP contribution in [0.15, 0.2) is 24.3 Å². The van der Waals surface area contributed by atoms with Crippen molar-refractivity contribution in [3.63, 3.8) is 0 Å². The van der Waals surface area contributed by atoms with Gasteiger partial charge in [0, 0.05) is 17.7 Å². The lowest BCUT2D eigenvalue weighted by molar-refractivity contribution is -0.124. The predicted octanol–water partition coefficient (Wildman–Crippen LogP) is 1.90. The Morgan fingerprint density at radius 3 is 2.42 bits per heavy atom. The number of nitrogens with one attached hydrogen (secondary N) is 1. The SMILES string of the molecule is CC(CO)C(C)NC(=O)CC(O)c1ccc(Cl)cc1. The van der Waals surface area contributed by atoms with E-state index in [-0.39, 0.29) is 30.9 Å². The average molecular weight is 286 g/mol. The fourth-order valence-corrected chi connectivity index (χ4v) is 1.72. The lowest BCUT2D eigenvalue weighted by Gasteiger charge is -2.20. The molecule has 1 amide bonds. The molecular formula is C14H20ClNO3. The molecule has 0 saturated carbocycles. The van der Waals surface area contributed by atoms with Crippen LogP contribution in [0.5, 0.6) is 0 Å². The first kappa shape index (κ1) is 16.0. The third-order valence-electron chi connectivity index (χ3n) is 3.16. The highest BCUT2D eigenvalue weighted by molar-refractivity contribution is 6.30.